The van der Waals surface area contributed by atoms with Gasteiger partial charge in [-0.25, -0.2) is 0 Å². The van der Waals surface area contributed by atoms with Crippen LogP contribution >= 0.6 is 0 Å². The quantitative estimate of drug-likeness (QED) is 0.452. The highest BCUT2D eigenvalue weighted by molar-refractivity contribution is 6.07. The number of aromatic amines is 1. The lowest BCUT2D eigenvalue weighted by Gasteiger charge is -1.98. The van der Waals surface area contributed by atoms with Gasteiger partial charge in [-0.1, -0.05) is 24.6 Å². The van der Waals surface area contributed by atoms with Gasteiger partial charge in [0, 0.05) is 29.1 Å². The normalized spacial score (nSPS) is 10.6. The fraction of sp³-hybridized carbons (Fsp3) is 0.267. The summed E-state index contributed by atoms with van der Waals surface area (Å²) in [6, 6.07) is 7.91. The second-order valence-corrected chi connectivity index (χ2v) is 4.21. The van der Waals surface area contributed by atoms with Crippen molar-refractivity contribution >= 4 is 16.7 Å². The van der Waals surface area contributed by atoms with E-state index in [9.17, 15) is 4.79 Å². The van der Waals surface area contributed by atoms with Crippen molar-refractivity contribution in [3.05, 3.63) is 49.4 Å². The van der Waals surface area contributed by atoms with E-state index < -0.39 is 0 Å². The van der Waals surface area contributed by atoms with Crippen molar-refractivity contribution < 1.29 is 4.79 Å². The maximum absolute atomic E-state index is 12.0. The Morgan fingerprint density at radius 3 is 2.94 bits per heavy atom. The molecule has 1 N–H and O–H groups in total. The highest BCUT2D eigenvalue weighted by Crippen LogP contribution is 2.20. The predicted octanol–water partition coefficient (Wildman–Crippen LogP) is 3.95. The Bertz CT molecular complexity index is 498. The van der Waals surface area contributed by atoms with Crippen LogP contribution in [0.2, 0.25) is 0 Å². The van der Waals surface area contributed by atoms with E-state index in [4.69, 9.17) is 0 Å². The molecule has 2 rings (SSSR count). The highest BCUT2D eigenvalue weighted by Gasteiger charge is 2.10. The number of rotatable bonds is 6. The highest BCUT2D eigenvalue weighted by atomic mass is 16.1. The van der Waals surface area contributed by atoms with Crippen LogP contribution in [-0.4, -0.2) is 10.8 Å². The maximum Gasteiger partial charge on any atom is 0.165 e. The number of ketones is 1. The molecule has 0 unspecified atom stereocenters. The number of fused-ring (bicyclic) bond motifs is 1. The molecule has 1 heterocycles. The van der Waals surface area contributed by atoms with Crippen molar-refractivity contribution in [2.75, 3.05) is 0 Å². The minimum atomic E-state index is 0.228. The number of hydrogen-bond acceptors (Lipinski definition) is 1. The molecule has 0 radical (unpaired) electrons. The van der Waals surface area contributed by atoms with Crippen LogP contribution < -0.4 is 0 Å². The molecule has 0 aliphatic carbocycles. The third kappa shape index (κ3) is 2.70. The fourth-order valence-electron chi connectivity index (χ4n) is 2.01. The van der Waals surface area contributed by atoms with Crippen molar-refractivity contribution in [3.8, 4) is 0 Å². The predicted molar refractivity (Wildman–Crippen MR) is 70.8 cm³/mol. The number of para-hydroxylation sites is 1. The number of nitrogens with one attached hydrogen (secondary N) is 1. The third-order valence-corrected chi connectivity index (χ3v) is 2.95. The standard InChI is InChI=1S/C15H17NO/c1-2-3-4-5-10-15(17)13-11-16-14-9-7-6-8-12(13)14/h2,6-9,11,16H,1,3-5,10H2. The monoisotopic (exact) mass is 227 g/mol. The number of benzene rings is 1. The zero-order chi connectivity index (χ0) is 12.1. The van der Waals surface area contributed by atoms with Crippen LogP contribution in [-0.2, 0) is 0 Å². The van der Waals surface area contributed by atoms with Crippen LogP contribution in [0.15, 0.2) is 30.5 Å². The van der Waals surface area contributed by atoms with E-state index in [2.05, 4.69) is 11.9 Å². The molecule has 0 amide bonds. The summed E-state index contributed by atoms with van der Waals surface area (Å²) in [4.78, 5) is 15.2. The van der Waals surface area contributed by atoms with Crippen LogP contribution in [0.5, 0.6) is 0 Å². The summed E-state index contributed by atoms with van der Waals surface area (Å²) in [6.07, 6.45) is 7.30. The van der Waals surface area contributed by atoms with Gasteiger partial charge < -0.3 is 4.98 Å². The molecular formula is C15H17NO. The molecule has 88 valence electrons. The Morgan fingerprint density at radius 1 is 1.29 bits per heavy atom. The summed E-state index contributed by atoms with van der Waals surface area (Å²) in [6.45, 7) is 3.68. The van der Waals surface area contributed by atoms with Crippen LogP contribution in [0.3, 0.4) is 0 Å². The van der Waals surface area contributed by atoms with E-state index >= 15 is 0 Å². The Balaban J connectivity index is 2.04. The van der Waals surface area contributed by atoms with Gasteiger partial charge in [0.25, 0.3) is 0 Å². The average molecular weight is 227 g/mol. The first-order valence-electron chi connectivity index (χ1n) is 6.03. The molecule has 2 aromatic rings. The maximum atomic E-state index is 12.0. The molecule has 17 heavy (non-hydrogen) atoms. The van der Waals surface area contributed by atoms with Gasteiger partial charge in [0.2, 0.25) is 0 Å². The van der Waals surface area contributed by atoms with Gasteiger partial charge in [-0.15, -0.1) is 6.92 Å². The lowest BCUT2D eigenvalue weighted by atomic mass is 10.0. The first kappa shape index (κ1) is 11.8. The molecule has 0 aliphatic heterocycles. The van der Waals surface area contributed by atoms with Crippen molar-refractivity contribution in [2.45, 2.75) is 25.7 Å². The summed E-state index contributed by atoms with van der Waals surface area (Å²) < 4.78 is 0. The molecule has 1 aromatic carbocycles. The Morgan fingerprint density at radius 2 is 2.12 bits per heavy atom. The van der Waals surface area contributed by atoms with Crippen molar-refractivity contribution in [2.24, 2.45) is 0 Å². The van der Waals surface area contributed by atoms with Crippen molar-refractivity contribution in [3.63, 3.8) is 0 Å². The van der Waals surface area contributed by atoms with E-state index in [0.29, 0.717) is 6.42 Å². The second kappa shape index (κ2) is 5.58. The Hall–Kier alpha value is -1.70. The third-order valence-electron chi connectivity index (χ3n) is 2.95. The average Bonchev–Trinajstić information content (AvgIpc) is 2.78. The molecule has 0 bridgehead atoms. The van der Waals surface area contributed by atoms with Crippen LogP contribution in [0, 0.1) is 13.3 Å². The number of aromatic nitrogens is 1. The number of unbranched alkanes of at least 4 members (excludes halogenated alkanes) is 3. The number of hydrogen-bond donors (Lipinski definition) is 1. The van der Waals surface area contributed by atoms with Gasteiger partial charge in [0.05, 0.1) is 6.42 Å². The van der Waals surface area contributed by atoms with Gasteiger partial charge in [-0.2, -0.15) is 0 Å². The molecule has 2 heteroatoms. The summed E-state index contributed by atoms with van der Waals surface area (Å²) >= 11 is 0. The zero-order valence-electron chi connectivity index (χ0n) is 9.91. The van der Waals surface area contributed by atoms with Crippen molar-refractivity contribution in [1.82, 2.24) is 4.98 Å². The Kier molecular flexibility index (Phi) is 3.86. The largest absolute Gasteiger partial charge is 0.360 e. The SMILES string of the molecule is [CH2-][CH+]CCCCC(=O)c1c[nH]c2ccccc12. The fourth-order valence-corrected chi connectivity index (χ4v) is 2.01. The van der Waals surface area contributed by atoms with E-state index in [1.807, 2.05) is 36.9 Å². The molecule has 0 atom stereocenters. The lowest BCUT2D eigenvalue weighted by molar-refractivity contribution is 0.0981. The molecule has 2 nitrogen and oxygen atoms in total. The molecule has 0 saturated heterocycles. The summed E-state index contributed by atoms with van der Waals surface area (Å²) in [5.74, 6) is 0.228. The van der Waals surface area contributed by atoms with E-state index in [1.54, 1.807) is 0 Å². The first-order chi connectivity index (χ1) is 8.33. The first-order valence-corrected chi connectivity index (χ1v) is 6.03. The van der Waals surface area contributed by atoms with Gasteiger partial charge in [0.1, 0.15) is 0 Å². The topological polar surface area (TPSA) is 32.9 Å². The number of carbonyl (C=O) groups excluding carboxylic acids is 1. The van der Waals surface area contributed by atoms with Gasteiger partial charge >= 0.3 is 0 Å². The zero-order valence-corrected chi connectivity index (χ0v) is 9.91. The molecular weight excluding hydrogens is 210 g/mol. The summed E-state index contributed by atoms with van der Waals surface area (Å²) in [7, 11) is 0. The molecule has 0 aliphatic rings. The number of H-pyrrole nitrogens is 1. The van der Waals surface area contributed by atoms with Crippen LogP contribution in [0.4, 0.5) is 0 Å². The Labute approximate surface area is 102 Å². The molecule has 1 aromatic heterocycles. The summed E-state index contributed by atoms with van der Waals surface area (Å²) in [5.41, 5.74) is 1.85. The minimum absolute atomic E-state index is 0.228. The van der Waals surface area contributed by atoms with Crippen molar-refractivity contribution in [1.29, 1.82) is 0 Å². The van der Waals surface area contributed by atoms with Gasteiger partial charge in [0.15, 0.2) is 5.78 Å². The number of carbonyl (C=O) groups is 1. The molecule has 0 fully saturated rings. The van der Waals surface area contributed by atoms with Gasteiger partial charge in [-0.3, -0.25) is 4.79 Å². The van der Waals surface area contributed by atoms with E-state index in [0.717, 1.165) is 35.7 Å². The second-order valence-electron chi connectivity index (χ2n) is 4.21. The van der Waals surface area contributed by atoms with Crippen LogP contribution in [0.25, 0.3) is 10.9 Å². The van der Waals surface area contributed by atoms with Crippen LogP contribution in [0.1, 0.15) is 36.0 Å². The lowest BCUT2D eigenvalue weighted by Crippen LogP contribution is -1.97. The minimum Gasteiger partial charge on any atom is -0.360 e. The molecule has 0 spiro atoms. The number of Topliss-reactive ketones (excluding diaryl/α,β-unsaturated/α-hetero) is 1. The summed E-state index contributed by atoms with van der Waals surface area (Å²) in [5, 5.41) is 1.03. The smallest absolute Gasteiger partial charge is 0.165 e. The molecule has 0 saturated carbocycles. The van der Waals surface area contributed by atoms with E-state index in [1.165, 1.54) is 0 Å². The van der Waals surface area contributed by atoms with E-state index in [-0.39, 0.29) is 5.78 Å². The van der Waals surface area contributed by atoms with Gasteiger partial charge in [-0.05, 0) is 18.9 Å².